The van der Waals surface area contributed by atoms with Gasteiger partial charge in [-0.2, -0.15) is 0 Å². The zero-order chi connectivity index (χ0) is 37.5. The van der Waals surface area contributed by atoms with Crippen molar-refractivity contribution in [3.05, 3.63) is 215 Å². The molecule has 0 radical (unpaired) electrons. The van der Waals surface area contributed by atoms with E-state index in [1.807, 2.05) is 0 Å². The Morgan fingerprint density at radius 1 is 0.491 bits per heavy atom. The molecule has 0 N–H and O–H groups in total. The number of hydrogen-bond donors (Lipinski definition) is 0. The summed E-state index contributed by atoms with van der Waals surface area (Å²) in [5.74, 6) is 0.396. The van der Waals surface area contributed by atoms with Crippen molar-refractivity contribution in [1.82, 2.24) is 0 Å². The minimum Gasteiger partial charge on any atom is -0.310 e. The maximum Gasteiger partial charge on any atom is 0.0726 e. The Kier molecular flexibility index (Phi) is 7.55. The number of hydrogen-bond acceptors (Lipinski definition) is 1. The zero-order valence-electron chi connectivity index (χ0n) is 32.3. The van der Waals surface area contributed by atoms with Gasteiger partial charge in [-0.3, -0.25) is 0 Å². The van der Waals surface area contributed by atoms with Gasteiger partial charge in [0.2, 0.25) is 0 Å². The third kappa shape index (κ3) is 4.72. The van der Waals surface area contributed by atoms with Gasteiger partial charge in [0.15, 0.2) is 0 Å². The van der Waals surface area contributed by atoms with E-state index >= 15 is 0 Å². The first-order chi connectivity index (χ1) is 26.8. The summed E-state index contributed by atoms with van der Waals surface area (Å²) in [6, 6.07) is 59.6. The lowest BCUT2D eigenvalue weighted by molar-refractivity contribution is 0.660. The summed E-state index contributed by atoms with van der Waals surface area (Å²) >= 11 is 0. The standard InChI is InChI=1S/C54H45N/c1-6-17-36(32-35(2)3)39-18-11-16-27-52(39)55(37-28-30-44-40-19-7-12-23-46(40)53(4,5)50(44)33-37)38-29-31-45-43-22-10-15-26-49(43)54(51(45)34-38)47-24-13-8-20-41(47)42-21-9-14-25-48(42)54/h6-35H,1-5H3/b17-6-,36-32+. The molecule has 7 aromatic carbocycles. The van der Waals surface area contributed by atoms with Crippen molar-refractivity contribution >= 4 is 22.6 Å². The Hall–Kier alpha value is -6.18. The Morgan fingerprint density at radius 3 is 1.47 bits per heavy atom. The van der Waals surface area contributed by atoms with Crippen LogP contribution in [0.25, 0.3) is 39.0 Å². The zero-order valence-corrected chi connectivity index (χ0v) is 32.3. The minimum absolute atomic E-state index is 0.123. The highest BCUT2D eigenvalue weighted by atomic mass is 15.1. The van der Waals surface area contributed by atoms with Crippen LogP contribution < -0.4 is 4.90 Å². The number of nitrogens with zero attached hydrogens (tertiary/aromatic N) is 1. The summed E-state index contributed by atoms with van der Waals surface area (Å²) in [6.07, 6.45) is 6.82. The summed E-state index contributed by atoms with van der Waals surface area (Å²) in [6.45, 7) is 11.4. The normalized spacial score (nSPS) is 15.1. The highest BCUT2D eigenvalue weighted by Crippen LogP contribution is 2.63. The second-order valence-electron chi connectivity index (χ2n) is 16.2. The third-order valence-corrected chi connectivity index (χ3v) is 12.4. The molecule has 0 unspecified atom stereocenters. The molecule has 0 aromatic heterocycles. The highest BCUT2D eigenvalue weighted by molar-refractivity contribution is 5.97. The van der Waals surface area contributed by atoms with Crippen LogP contribution in [0.4, 0.5) is 17.1 Å². The van der Waals surface area contributed by atoms with Crippen LogP contribution >= 0.6 is 0 Å². The number of para-hydroxylation sites is 1. The van der Waals surface area contributed by atoms with Crippen LogP contribution in [0.5, 0.6) is 0 Å². The molecule has 1 spiro atoms. The number of fused-ring (bicyclic) bond motifs is 13. The summed E-state index contributed by atoms with van der Waals surface area (Å²) < 4.78 is 0. The molecule has 0 amide bonds. The fraction of sp³-hybridized carbons (Fsp3) is 0.148. The van der Waals surface area contributed by atoms with E-state index in [0.29, 0.717) is 5.92 Å². The van der Waals surface area contributed by atoms with Gasteiger partial charge in [-0.15, -0.1) is 0 Å². The smallest absolute Gasteiger partial charge is 0.0726 e. The second-order valence-corrected chi connectivity index (χ2v) is 16.2. The first-order valence-corrected chi connectivity index (χ1v) is 19.8. The van der Waals surface area contributed by atoms with Crippen LogP contribution in [-0.2, 0) is 10.8 Å². The molecule has 7 aromatic rings. The van der Waals surface area contributed by atoms with Crippen LogP contribution in [-0.4, -0.2) is 0 Å². The molecule has 0 atom stereocenters. The Labute approximate surface area is 326 Å². The van der Waals surface area contributed by atoms with Gasteiger partial charge in [-0.25, -0.2) is 0 Å². The van der Waals surface area contributed by atoms with Gasteiger partial charge in [0.1, 0.15) is 0 Å². The maximum absolute atomic E-state index is 2.52. The lowest BCUT2D eigenvalue weighted by Gasteiger charge is -2.33. The van der Waals surface area contributed by atoms with Crippen molar-refractivity contribution < 1.29 is 0 Å². The van der Waals surface area contributed by atoms with E-state index in [9.17, 15) is 0 Å². The Morgan fingerprint density at radius 2 is 0.927 bits per heavy atom. The van der Waals surface area contributed by atoms with Crippen LogP contribution in [0.15, 0.2) is 176 Å². The van der Waals surface area contributed by atoms with E-state index in [0.717, 1.165) is 17.1 Å². The number of anilines is 3. The predicted octanol–water partition coefficient (Wildman–Crippen LogP) is 14.4. The van der Waals surface area contributed by atoms with Crippen LogP contribution in [0.2, 0.25) is 0 Å². The van der Waals surface area contributed by atoms with E-state index < -0.39 is 5.41 Å². The quantitative estimate of drug-likeness (QED) is 0.156. The molecule has 55 heavy (non-hydrogen) atoms. The van der Waals surface area contributed by atoms with Crippen molar-refractivity contribution in [1.29, 1.82) is 0 Å². The first kappa shape index (κ1) is 33.4. The van der Waals surface area contributed by atoms with E-state index in [2.05, 4.69) is 215 Å². The topological polar surface area (TPSA) is 3.24 Å². The molecule has 0 saturated heterocycles. The first-order valence-electron chi connectivity index (χ1n) is 19.8. The average Bonchev–Trinajstić information content (AvgIpc) is 3.76. The lowest BCUT2D eigenvalue weighted by atomic mass is 9.70. The molecule has 0 saturated carbocycles. The maximum atomic E-state index is 2.52. The van der Waals surface area contributed by atoms with Crippen molar-refractivity contribution in [2.24, 2.45) is 5.92 Å². The number of rotatable bonds is 6. The van der Waals surface area contributed by atoms with Gasteiger partial charge in [-0.05, 0) is 116 Å². The minimum atomic E-state index is -0.421. The summed E-state index contributed by atoms with van der Waals surface area (Å²) in [5.41, 5.74) is 21.5. The van der Waals surface area contributed by atoms with Crippen LogP contribution in [0, 0.1) is 5.92 Å². The van der Waals surface area contributed by atoms with Crippen molar-refractivity contribution in [2.75, 3.05) is 4.90 Å². The van der Waals surface area contributed by atoms with E-state index in [1.165, 1.54) is 77.9 Å². The molecule has 0 fully saturated rings. The lowest BCUT2D eigenvalue weighted by Crippen LogP contribution is -2.26. The third-order valence-electron chi connectivity index (χ3n) is 12.4. The molecule has 1 heteroatoms. The van der Waals surface area contributed by atoms with Crippen molar-refractivity contribution in [3.8, 4) is 33.4 Å². The molecule has 0 bridgehead atoms. The average molecular weight is 708 g/mol. The van der Waals surface area contributed by atoms with E-state index in [1.54, 1.807) is 0 Å². The van der Waals surface area contributed by atoms with Gasteiger partial charge in [0.05, 0.1) is 11.1 Å². The summed E-state index contributed by atoms with van der Waals surface area (Å²) in [4.78, 5) is 2.52. The van der Waals surface area contributed by atoms with E-state index in [4.69, 9.17) is 0 Å². The monoisotopic (exact) mass is 707 g/mol. The van der Waals surface area contributed by atoms with Crippen LogP contribution in [0.3, 0.4) is 0 Å². The number of allylic oxidation sites excluding steroid dienone is 4. The van der Waals surface area contributed by atoms with Gasteiger partial charge in [0.25, 0.3) is 0 Å². The van der Waals surface area contributed by atoms with Crippen molar-refractivity contribution in [2.45, 2.75) is 45.4 Å². The Bertz CT molecular complexity index is 2670. The Balaban J connectivity index is 1.26. The molecule has 0 aliphatic heterocycles. The molecule has 0 heterocycles. The molecular formula is C54H45N. The fourth-order valence-corrected chi connectivity index (χ4v) is 10.2. The molecule has 1 nitrogen and oxygen atoms in total. The largest absolute Gasteiger partial charge is 0.310 e. The molecule has 3 aliphatic carbocycles. The van der Waals surface area contributed by atoms with Gasteiger partial charge >= 0.3 is 0 Å². The number of benzene rings is 7. The highest BCUT2D eigenvalue weighted by Gasteiger charge is 2.51. The van der Waals surface area contributed by atoms with Gasteiger partial charge in [0, 0.05) is 22.4 Å². The second kappa shape index (κ2) is 12.4. The van der Waals surface area contributed by atoms with Crippen LogP contribution in [0.1, 0.15) is 73.6 Å². The van der Waals surface area contributed by atoms with E-state index in [-0.39, 0.29) is 5.41 Å². The molecule has 10 rings (SSSR count). The predicted molar refractivity (Wildman–Crippen MR) is 233 cm³/mol. The summed E-state index contributed by atoms with van der Waals surface area (Å²) in [7, 11) is 0. The summed E-state index contributed by atoms with van der Waals surface area (Å²) in [5, 5.41) is 0. The van der Waals surface area contributed by atoms with Crippen molar-refractivity contribution in [3.63, 3.8) is 0 Å². The molecular weight excluding hydrogens is 663 g/mol. The van der Waals surface area contributed by atoms with Gasteiger partial charge in [-0.1, -0.05) is 173 Å². The SMILES string of the molecule is C/C=C\C(=C/C(C)C)c1ccccc1N(c1ccc2c(c1)C(C)(C)c1ccccc1-2)c1ccc2c(c1)C1(c3ccccc3-c3ccccc31)c1ccccc1-2. The fourth-order valence-electron chi connectivity index (χ4n) is 10.2. The molecule has 3 aliphatic rings. The molecule has 266 valence electrons. The van der Waals surface area contributed by atoms with Gasteiger partial charge < -0.3 is 4.90 Å².